The van der Waals surface area contributed by atoms with E-state index in [1.54, 1.807) is 24.9 Å². The van der Waals surface area contributed by atoms with Gasteiger partial charge in [0.2, 0.25) is 0 Å². The van der Waals surface area contributed by atoms with Crippen LogP contribution in [0.15, 0.2) is 56.7 Å². The van der Waals surface area contributed by atoms with Crippen LogP contribution in [0.5, 0.6) is 5.75 Å². The van der Waals surface area contributed by atoms with Gasteiger partial charge in [-0.1, -0.05) is 33.8 Å². The Kier molecular flexibility index (Phi) is 4.29. The van der Waals surface area contributed by atoms with E-state index in [2.05, 4.69) is 22.0 Å². The molecule has 18 heavy (non-hydrogen) atoms. The summed E-state index contributed by atoms with van der Waals surface area (Å²) in [6.45, 7) is 0. The number of nitriles is 1. The van der Waals surface area contributed by atoms with Crippen LogP contribution in [-0.4, -0.2) is 7.11 Å². The minimum atomic E-state index is 0.648. The van der Waals surface area contributed by atoms with Crippen molar-refractivity contribution >= 4 is 27.7 Å². The number of ether oxygens (including phenoxy) is 1. The molecule has 2 rings (SSSR count). The lowest BCUT2D eigenvalue weighted by Crippen LogP contribution is -1.83. The largest absolute Gasteiger partial charge is 0.497 e. The summed E-state index contributed by atoms with van der Waals surface area (Å²) in [6.07, 6.45) is 0. The zero-order valence-corrected chi connectivity index (χ0v) is 12.1. The molecule has 0 N–H and O–H groups in total. The monoisotopic (exact) mass is 319 g/mol. The maximum absolute atomic E-state index is 8.93. The summed E-state index contributed by atoms with van der Waals surface area (Å²) in [5, 5.41) is 8.93. The van der Waals surface area contributed by atoms with Crippen LogP contribution >= 0.6 is 27.7 Å². The molecule has 0 unspecified atom stereocenters. The van der Waals surface area contributed by atoms with Crippen LogP contribution in [0, 0.1) is 11.3 Å². The van der Waals surface area contributed by atoms with Crippen molar-refractivity contribution in [3.05, 3.63) is 52.5 Å². The third-order valence-corrected chi connectivity index (χ3v) is 3.70. The molecule has 0 fully saturated rings. The molecule has 0 aliphatic heterocycles. The van der Waals surface area contributed by atoms with Crippen molar-refractivity contribution in [2.24, 2.45) is 0 Å². The van der Waals surface area contributed by atoms with E-state index in [1.807, 2.05) is 36.4 Å². The van der Waals surface area contributed by atoms with Gasteiger partial charge in [-0.15, -0.1) is 0 Å². The Bertz CT molecular complexity index is 607. The molecule has 4 heteroatoms. The van der Waals surface area contributed by atoms with E-state index >= 15 is 0 Å². The van der Waals surface area contributed by atoms with Crippen LogP contribution < -0.4 is 4.74 Å². The first-order valence-corrected chi connectivity index (χ1v) is 6.85. The van der Waals surface area contributed by atoms with Crippen LogP contribution in [0.25, 0.3) is 0 Å². The Morgan fingerprint density at radius 1 is 1.17 bits per heavy atom. The summed E-state index contributed by atoms with van der Waals surface area (Å²) in [4.78, 5) is 2.10. The molecule has 0 aliphatic rings. The maximum atomic E-state index is 8.93. The fourth-order valence-corrected chi connectivity index (χ4v) is 3.10. The van der Waals surface area contributed by atoms with Crippen molar-refractivity contribution in [2.45, 2.75) is 9.79 Å². The zero-order chi connectivity index (χ0) is 13.0. The maximum Gasteiger partial charge on any atom is 0.119 e. The molecule has 0 saturated carbocycles. The van der Waals surface area contributed by atoms with Crippen molar-refractivity contribution < 1.29 is 4.74 Å². The second-order valence-corrected chi connectivity index (χ2v) is 5.63. The molecule has 2 nitrogen and oxygen atoms in total. The van der Waals surface area contributed by atoms with Crippen LogP contribution in [0.2, 0.25) is 0 Å². The summed E-state index contributed by atoms with van der Waals surface area (Å²) in [5.41, 5.74) is 0.648. The second-order valence-electron chi connectivity index (χ2n) is 3.57. The van der Waals surface area contributed by atoms with Crippen molar-refractivity contribution in [3.8, 4) is 11.8 Å². The first kappa shape index (κ1) is 13.0. The van der Waals surface area contributed by atoms with E-state index < -0.39 is 0 Å². The second kappa shape index (κ2) is 5.94. The van der Waals surface area contributed by atoms with Gasteiger partial charge in [-0.05, 0) is 36.4 Å². The molecule has 0 amide bonds. The van der Waals surface area contributed by atoms with Gasteiger partial charge in [-0.3, -0.25) is 0 Å². The van der Waals surface area contributed by atoms with Crippen molar-refractivity contribution in [1.82, 2.24) is 0 Å². The third kappa shape index (κ3) is 3.28. The first-order chi connectivity index (χ1) is 8.71. The van der Waals surface area contributed by atoms with E-state index in [1.165, 1.54) is 0 Å². The summed E-state index contributed by atoms with van der Waals surface area (Å²) in [5.74, 6) is 0.829. The number of rotatable bonds is 3. The van der Waals surface area contributed by atoms with Gasteiger partial charge in [0, 0.05) is 14.3 Å². The highest BCUT2D eigenvalue weighted by Crippen LogP contribution is 2.32. The van der Waals surface area contributed by atoms with Crippen molar-refractivity contribution in [3.63, 3.8) is 0 Å². The van der Waals surface area contributed by atoms with Crippen LogP contribution in [-0.2, 0) is 0 Å². The molecule has 0 aromatic heterocycles. The van der Waals surface area contributed by atoms with Gasteiger partial charge >= 0.3 is 0 Å². The Hall–Kier alpha value is -1.44. The van der Waals surface area contributed by atoms with E-state index in [4.69, 9.17) is 10.00 Å². The predicted octanol–water partition coefficient (Wildman–Crippen LogP) is 4.48. The molecule has 0 bridgehead atoms. The van der Waals surface area contributed by atoms with Crippen molar-refractivity contribution in [1.29, 1.82) is 5.26 Å². The Balaban J connectivity index is 2.28. The normalized spacial score (nSPS) is 9.83. The van der Waals surface area contributed by atoms with E-state index in [0.29, 0.717) is 5.56 Å². The highest BCUT2D eigenvalue weighted by molar-refractivity contribution is 9.10. The number of benzene rings is 2. The van der Waals surface area contributed by atoms with E-state index in [-0.39, 0.29) is 0 Å². The molecule has 0 heterocycles. The molecule has 0 atom stereocenters. The van der Waals surface area contributed by atoms with Crippen LogP contribution in [0.4, 0.5) is 0 Å². The van der Waals surface area contributed by atoms with Crippen molar-refractivity contribution in [2.75, 3.05) is 7.11 Å². The summed E-state index contributed by atoms with van der Waals surface area (Å²) in [7, 11) is 1.65. The Morgan fingerprint density at radius 2 is 2.00 bits per heavy atom. The van der Waals surface area contributed by atoms with Gasteiger partial charge in [0.1, 0.15) is 5.75 Å². The summed E-state index contributed by atoms with van der Waals surface area (Å²) >= 11 is 5.01. The average molecular weight is 320 g/mol. The molecule has 2 aromatic rings. The lowest BCUT2D eigenvalue weighted by atomic mass is 10.2. The minimum Gasteiger partial charge on any atom is -0.497 e. The molecule has 90 valence electrons. The number of nitrogens with zero attached hydrogens (tertiary/aromatic N) is 1. The van der Waals surface area contributed by atoms with E-state index in [0.717, 1.165) is 20.0 Å². The fraction of sp³-hybridized carbons (Fsp3) is 0.0714. The highest BCUT2D eigenvalue weighted by Gasteiger charge is 2.02. The lowest BCUT2D eigenvalue weighted by molar-refractivity contribution is 0.413. The fourth-order valence-electron chi connectivity index (χ4n) is 1.49. The van der Waals surface area contributed by atoms with Gasteiger partial charge in [0.25, 0.3) is 0 Å². The van der Waals surface area contributed by atoms with Crippen LogP contribution in [0.3, 0.4) is 0 Å². The Morgan fingerprint density at radius 3 is 2.72 bits per heavy atom. The van der Waals surface area contributed by atoms with Gasteiger partial charge < -0.3 is 4.74 Å². The minimum absolute atomic E-state index is 0.648. The van der Waals surface area contributed by atoms with Crippen LogP contribution in [0.1, 0.15) is 5.56 Å². The van der Waals surface area contributed by atoms with Gasteiger partial charge in [0.05, 0.1) is 18.7 Å². The third-order valence-electron chi connectivity index (χ3n) is 2.28. The predicted molar refractivity (Wildman–Crippen MR) is 76.0 cm³/mol. The summed E-state index contributed by atoms with van der Waals surface area (Å²) < 4.78 is 6.10. The molecular formula is C14H10BrNOS. The molecule has 2 aromatic carbocycles. The quantitative estimate of drug-likeness (QED) is 0.836. The number of halogens is 1. The SMILES string of the molecule is COc1cccc(Sc2cc(Br)cc(C#N)c2)c1. The van der Waals surface area contributed by atoms with Gasteiger partial charge in [-0.25, -0.2) is 0 Å². The smallest absolute Gasteiger partial charge is 0.119 e. The van der Waals surface area contributed by atoms with Gasteiger partial charge in [0.15, 0.2) is 0 Å². The lowest BCUT2D eigenvalue weighted by Gasteiger charge is -2.05. The Labute approximate surface area is 119 Å². The first-order valence-electron chi connectivity index (χ1n) is 5.24. The summed E-state index contributed by atoms with van der Waals surface area (Å²) in [6, 6.07) is 15.7. The molecule has 0 saturated heterocycles. The highest BCUT2D eigenvalue weighted by atomic mass is 79.9. The number of hydrogen-bond acceptors (Lipinski definition) is 3. The van der Waals surface area contributed by atoms with E-state index in [9.17, 15) is 0 Å². The van der Waals surface area contributed by atoms with Gasteiger partial charge in [-0.2, -0.15) is 5.26 Å². The topological polar surface area (TPSA) is 33.0 Å². The zero-order valence-electron chi connectivity index (χ0n) is 9.68. The number of hydrogen-bond donors (Lipinski definition) is 0. The molecule has 0 spiro atoms. The molecular weight excluding hydrogens is 310 g/mol. The molecule has 0 aliphatic carbocycles. The standard InChI is InChI=1S/C14H10BrNOS/c1-17-12-3-2-4-13(8-12)18-14-6-10(9-16)5-11(15)7-14/h2-8H,1H3. The molecule has 0 radical (unpaired) electrons. The number of methoxy groups -OCH3 is 1. The average Bonchev–Trinajstić information content (AvgIpc) is 2.38.